The summed E-state index contributed by atoms with van der Waals surface area (Å²) < 4.78 is 45.9. The summed E-state index contributed by atoms with van der Waals surface area (Å²) in [6.07, 6.45) is -0.157. The molecule has 4 rings (SSSR count). The molecule has 2 amide bonds. The minimum atomic E-state index is -3.81. The Balaban J connectivity index is 1.42. The molecule has 8 nitrogen and oxygen atoms in total. The Morgan fingerprint density at radius 1 is 1.18 bits per heavy atom. The van der Waals surface area contributed by atoms with E-state index in [9.17, 15) is 22.4 Å². The van der Waals surface area contributed by atoms with E-state index in [0.29, 0.717) is 48.9 Å². The summed E-state index contributed by atoms with van der Waals surface area (Å²) in [6, 6.07) is 9.49. The zero-order valence-corrected chi connectivity index (χ0v) is 19.3. The van der Waals surface area contributed by atoms with Gasteiger partial charge in [0.05, 0.1) is 21.5 Å². The molecule has 0 bridgehead atoms. The first-order chi connectivity index (χ1) is 15.7. The second kappa shape index (κ2) is 9.01. The van der Waals surface area contributed by atoms with Gasteiger partial charge in [-0.25, -0.2) is 12.8 Å². The molecule has 1 atom stereocenters. The fourth-order valence-electron chi connectivity index (χ4n) is 4.13. The van der Waals surface area contributed by atoms with Crippen molar-refractivity contribution in [1.82, 2.24) is 4.90 Å². The van der Waals surface area contributed by atoms with E-state index in [1.54, 1.807) is 36.1 Å². The highest BCUT2D eigenvalue weighted by Crippen LogP contribution is 2.34. The highest BCUT2D eigenvalue weighted by atomic mass is 32.2. The molecule has 2 aromatic rings. The summed E-state index contributed by atoms with van der Waals surface area (Å²) >= 11 is 0. The van der Waals surface area contributed by atoms with Crippen molar-refractivity contribution in [2.45, 2.75) is 30.4 Å². The van der Waals surface area contributed by atoms with Gasteiger partial charge in [0.1, 0.15) is 11.6 Å². The first-order valence-electron chi connectivity index (χ1n) is 10.8. The predicted molar refractivity (Wildman–Crippen MR) is 122 cm³/mol. The lowest BCUT2D eigenvalue weighted by molar-refractivity contribution is -0.131. The Bertz CT molecular complexity index is 1190. The number of piperazine rings is 1. The summed E-state index contributed by atoms with van der Waals surface area (Å²) in [4.78, 5) is 27.9. The molecule has 2 heterocycles. The van der Waals surface area contributed by atoms with Crippen LogP contribution in [0.1, 0.15) is 18.9 Å². The Kier molecular flexibility index (Phi) is 6.29. The Morgan fingerprint density at radius 3 is 2.58 bits per heavy atom. The average molecular weight is 476 g/mol. The average Bonchev–Trinajstić information content (AvgIpc) is 2.78. The van der Waals surface area contributed by atoms with Gasteiger partial charge in [0.15, 0.2) is 16.4 Å². The van der Waals surface area contributed by atoms with Crippen LogP contribution in [-0.4, -0.2) is 63.2 Å². The fraction of sp³-hybridized carbons (Fsp3) is 0.391. The maximum atomic E-state index is 14.0. The maximum Gasteiger partial charge on any atom is 0.262 e. The molecule has 0 radical (unpaired) electrons. The molecular formula is C23H26FN3O5S. The Hall–Kier alpha value is -3.14. The number of benzene rings is 2. The summed E-state index contributed by atoms with van der Waals surface area (Å²) in [5, 5.41) is 1.72. The number of para-hydroxylation sites is 1. The standard InChI is InChI=1S/C23H26FN3O5S/c1-15-11-18-20(32-14-22(28)25-18)13-21(15)33(30,31)16(2)12-23(29)27-9-7-26(8-10-27)19-6-4-3-5-17(19)24/h3-6,11,13,16H,7-10,12,14H2,1-2H3,(H,25,28)/t16-/m1/s1. The van der Waals surface area contributed by atoms with E-state index in [1.807, 2.05) is 4.90 Å². The normalized spacial score (nSPS) is 17.1. The van der Waals surface area contributed by atoms with Gasteiger partial charge in [-0.05, 0) is 37.6 Å². The third kappa shape index (κ3) is 4.66. The van der Waals surface area contributed by atoms with Crippen molar-refractivity contribution in [3.8, 4) is 5.75 Å². The molecule has 2 aliphatic heterocycles. The first-order valence-corrected chi connectivity index (χ1v) is 12.3. The summed E-state index contributed by atoms with van der Waals surface area (Å²) in [5.74, 6) is -0.563. The molecule has 1 N–H and O–H groups in total. The number of nitrogens with zero attached hydrogens (tertiary/aromatic N) is 2. The van der Waals surface area contributed by atoms with Crippen LogP contribution in [0.4, 0.5) is 15.8 Å². The minimum absolute atomic E-state index is 0.0853. The van der Waals surface area contributed by atoms with Crippen LogP contribution in [-0.2, 0) is 19.4 Å². The number of aryl methyl sites for hydroxylation is 1. The van der Waals surface area contributed by atoms with Gasteiger partial charge in [-0.2, -0.15) is 0 Å². The van der Waals surface area contributed by atoms with E-state index < -0.39 is 15.1 Å². The molecule has 10 heteroatoms. The van der Waals surface area contributed by atoms with Crippen LogP contribution in [0.25, 0.3) is 0 Å². The van der Waals surface area contributed by atoms with Gasteiger partial charge in [-0.1, -0.05) is 12.1 Å². The van der Waals surface area contributed by atoms with Crippen LogP contribution in [0.3, 0.4) is 0 Å². The number of amides is 2. The number of halogens is 1. The van der Waals surface area contributed by atoms with Crippen LogP contribution in [0, 0.1) is 12.7 Å². The van der Waals surface area contributed by atoms with Crippen molar-refractivity contribution in [1.29, 1.82) is 0 Å². The number of hydrogen-bond donors (Lipinski definition) is 1. The second-order valence-corrected chi connectivity index (χ2v) is 10.7. The van der Waals surface area contributed by atoms with E-state index in [4.69, 9.17) is 4.74 Å². The molecule has 0 spiro atoms. The summed E-state index contributed by atoms with van der Waals surface area (Å²) in [5.41, 5.74) is 1.40. The van der Waals surface area contributed by atoms with E-state index in [1.165, 1.54) is 19.1 Å². The highest BCUT2D eigenvalue weighted by Gasteiger charge is 2.32. The summed E-state index contributed by atoms with van der Waals surface area (Å²) in [7, 11) is -3.81. The lowest BCUT2D eigenvalue weighted by Crippen LogP contribution is -2.49. The van der Waals surface area contributed by atoms with Crippen molar-refractivity contribution in [2.24, 2.45) is 0 Å². The number of anilines is 2. The first kappa shape index (κ1) is 23.0. The van der Waals surface area contributed by atoms with Gasteiger partial charge in [0, 0.05) is 38.7 Å². The predicted octanol–water partition coefficient (Wildman–Crippen LogP) is 2.37. The lowest BCUT2D eigenvalue weighted by Gasteiger charge is -2.36. The van der Waals surface area contributed by atoms with E-state index in [2.05, 4.69) is 5.32 Å². The zero-order valence-electron chi connectivity index (χ0n) is 18.5. The fourth-order valence-corrected chi connectivity index (χ4v) is 5.70. The molecule has 0 unspecified atom stereocenters. The minimum Gasteiger partial charge on any atom is -0.482 e. The molecule has 1 saturated heterocycles. The number of hydrogen-bond acceptors (Lipinski definition) is 6. The molecular weight excluding hydrogens is 449 g/mol. The Morgan fingerprint density at radius 2 is 1.88 bits per heavy atom. The number of carbonyl (C=O) groups is 2. The Labute approximate surface area is 192 Å². The van der Waals surface area contributed by atoms with Gasteiger partial charge in [-0.15, -0.1) is 0 Å². The van der Waals surface area contributed by atoms with E-state index >= 15 is 0 Å². The molecule has 2 aliphatic rings. The van der Waals surface area contributed by atoms with Crippen molar-refractivity contribution in [3.63, 3.8) is 0 Å². The van der Waals surface area contributed by atoms with Gasteiger partial charge in [-0.3, -0.25) is 9.59 Å². The van der Waals surface area contributed by atoms with Crippen molar-refractivity contribution in [2.75, 3.05) is 43.0 Å². The van der Waals surface area contributed by atoms with Crippen LogP contribution >= 0.6 is 0 Å². The third-order valence-corrected chi connectivity index (χ3v) is 8.31. The van der Waals surface area contributed by atoms with Crippen molar-refractivity contribution in [3.05, 3.63) is 47.8 Å². The maximum absolute atomic E-state index is 14.0. The third-order valence-electron chi connectivity index (χ3n) is 6.03. The van der Waals surface area contributed by atoms with E-state index in [0.717, 1.165) is 0 Å². The number of fused-ring (bicyclic) bond motifs is 1. The molecule has 1 fully saturated rings. The van der Waals surface area contributed by atoms with Crippen LogP contribution in [0.5, 0.6) is 5.75 Å². The molecule has 0 aliphatic carbocycles. The van der Waals surface area contributed by atoms with Crippen molar-refractivity contribution < 1.29 is 27.1 Å². The van der Waals surface area contributed by atoms with E-state index in [-0.39, 0.29) is 35.6 Å². The van der Waals surface area contributed by atoms with Crippen molar-refractivity contribution >= 4 is 33.0 Å². The number of sulfone groups is 1. The van der Waals surface area contributed by atoms with Gasteiger partial charge < -0.3 is 19.9 Å². The highest BCUT2D eigenvalue weighted by molar-refractivity contribution is 7.92. The zero-order chi connectivity index (χ0) is 23.8. The largest absolute Gasteiger partial charge is 0.482 e. The van der Waals surface area contributed by atoms with Crippen LogP contribution < -0.4 is 15.0 Å². The SMILES string of the molecule is Cc1cc2c(cc1S(=O)(=O)[C@H](C)CC(=O)N1CCN(c3ccccc3F)CC1)OCC(=O)N2. The number of nitrogens with one attached hydrogen (secondary N) is 1. The lowest BCUT2D eigenvalue weighted by atomic mass is 10.2. The molecule has 176 valence electrons. The smallest absolute Gasteiger partial charge is 0.262 e. The van der Waals surface area contributed by atoms with Gasteiger partial charge >= 0.3 is 0 Å². The topological polar surface area (TPSA) is 96.0 Å². The number of rotatable bonds is 5. The molecule has 0 saturated carbocycles. The summed E-state index contributed by atoms with van der Waals surface area (Å²) in [6.45, 7) is 4.72. The number of ether oxygens (including phenoxy) is 1. The van der Waals surface area contributed by atoms with Gasteiger partial charge in [0.2, 0.25) is 5.91 Å². The monoisotopic (exact) mass is 475 g/mol. The molecule has 0 aromatic heterocycles. The van der Waals surface area contributed by atoms with Crippen LogP contribution in [0.2, 0.25) is 0 Å². The quantitative estimate of drug-likeness (QED) is 0.713. The second-order valence-electron chi connectivity index (χ2n) is 8.33. The number of carbonyl (C=O) groups excluding carboxylic acids is 2. The molecule has 2 aromatic carbocycles. The van der Waals surface area contributed by atoms with Gasteiger partial charge in [0.25, 0.3) is 5.91 Å². The molecule has 33 heavy (non-hydrogen) atoms. The van der Waals surface area contributed by atoms with Crippen LogP contribution in [0.15, 0.2) is 41.3 Å².